The highest BCUT2D eigenvalue weighted by Gasteiger charge is 2.37. The molecule has 0 bridgehead atoms. The molecule has 7 nitrogen and oxygen atoms in total. The standard InChI is InChI=1S/C16H21F3N4O3S/c1-9-5-23(14(25)8-26-9)6-10(20)4-13(24)22-3-2-12-11(7-22)21-15(27-12)16(17,18)19/h9-10H,2-8,20H2,1H3/t9-,10-/m0/s1. The smallest absolute Gasteiger partial charge is 0.367 e. The molecule has 27 heavy (non-hydrogen) atoms. The molecule has 0 aliphatic carbocycles. The average Bonchev–Trinajstić information content (AvgIpc) is 3.01. The lowest BCUT2D eigenvalue weighted by Crippen LogP contribution is -2.51. The second kappa shape index (κ2) is 7.72. The zero-order valence-electron chi connectivity index (χ0n) is 14.8. The van der Waals surface area contributed by atoms with Crippen LogP contribution in [0.3, 0.4) is 0 Å². The first-order valence-corrected chi connectivity index (χ1v) is 9.43. The van der Waals surface area contributed by atoms with E-state index in [0.29, 0.717) is 41.4 Å². The SMILES string of the molecule is C[C@H]1CN(C[C@@H](N)CC(=O)N2CCc3sc(C(F)(F)F)nc3C2)C(=O)CO1. The van der Waals surface area contributed by atoms with Gasteiger partial charge in [-0.25, -0.2) is 4.98 Å². The number of fused-ring (bicyclic) bond motifs is 1. The summed E-state index contributed by atoms with van der Waals surface area (Å²) in [5.74, 6) is -0.413. The number of nitrogens with zero attached hydrogens (tertiary/aromatic N) is 3. The van der Waals surface area contributed by atoms with E-state index < -0.39 is 17.2 Å². The Hall–Kier alpha value is -1.72. The van der Waals surface area contributed by atoms with Gasteiger partial charge in [0, 0.05) is 43.4 Å². The van der Waals surface area contributed by atoms with E-state index in [9.17, 15) is 22.8 Å². The van der Waals surface area contributed by atoms with Gasteiger partial charge >= 0.3 is 6.18 Å². The molecule has 1 aromatic heterocycles. The number of morpholine rings is 1. The van der Waals surface area contributed by atoms with Crippen LogP contribution in [0.2, 0.25) is 0 Å². The summed E-state index contributed by atoms with van der Waals surface area (Å²) in [7, 11) is 0. The van der Waals surface area contributed by atoms with E-state index in [1.54, 1.807) is 4.90 Å². The Bertz CT molecular complexity index is 724. The van der Waals surface area contributed by atoms with E-state index in [1.165, 1.54) is 4.90 Å². The van der Waals surface area contributed by atoms with E-state index in [0.717, 1.165) is 0 Å². The highest BCUT2D eigenvalue weighted by Crippen LogP contribution is 2.36. The quantitative estimate of drug-likeness (QED) is 0.806. The van der Waals surface area contributed by atoms with Crippen LogP contribution in [0.25, 0.3) is 0 Å². The Morgan fingerprint density at radius 2 is 2.22 bits per heavy atom. The van der Waals surface area contributed by atoms with Crippen molar-refractivity contribution < 1.29 is 27.5 Å². The van der Waals surface area contributed by atoms with Gasteiger partial charge in [-0.15, -0.1) is 11.3 Å². The van der Waals surface area contributed by atoms with Crippen molar-refractivity contribution in [3.05, 3.63) is 15.6 Å². The average molecular weight is 406 g/mol. The lowest BCUT2D eigenvalue weighted by atomic mass is 10.1. The highest BCUT2D eigenvalue weighted by molar-refractivity contribution is 7.11. The fourth-order valence-corrected chi connectivity index (χ4v) is 4.11. The van der Waals surface area contributed by atoms with Crippen molar-refractivity contribution in [2.24, 2.45) is 5.73 Å². The number of hydrogen-bond donors (Lipinski definition) is 1. The van der Waals surface area contributed by atoms with Crippen LogP contribution in [0.4, 0.5) is 13.2 Å². The number of rotatable bonds is 4. The number of hydrogen-bond acceptors (Lipinski definition) is 6. The number of thiazole rings is 1. The van der Waals surface area contributed by atoms with Crippen LogP contribution in [0.5, 0.6) is 0 Å². The van der Waals surface area contributed by atoms with Crippen molar-refractivity contribution in [2.75, 3.05) is 26.2 Å². The Kier molecular flexibility index (Phi) is 5.73. The van der Waals surface area contributed by atoms with Gasteiger partial charge in [0.15, 0.2) is 5.01 Å². The molecule has 1 aromatic rings. The molecule has 1 fully saturated rings. The van der Waals surface area contributed by atoms with Crippen molar-refractivity contribution in [3.8, 4) is 0 Å². The molecule has 11 heteroatoms. The number of carbonyl (C=O) groups excluding carboxylic acids is 2. The summed E-state index contributed by atoms with van der Waals surface area (Å²) in [5.41, 5.74) is 6.33. The molecule has 2 aliphatic rings. The van der Waals surface area contributed by atoms with Crippen LogP contribution >= 0.6 is 11.3 Å². The first kappa shape index (κ1) is 20.0. The van der Waals surface area contributed by atoms with Gasteiger partial charge in [0.1, 0.15) is 6.61 Å². The third-order valence-corrected chi connectivity index (χ3v) is 5.74. The second-order valence-electron chi connectivity index (χ2n) is 6.84. The fourth-order valence-electron chi connectivity index (χ4n) is 3.18. The van der Waals surface area contributed by atoms with Gasteiger partial charge in [0.05, 0.1) is 18.3 Å². The summed E-state index contributed by atoms with van der Waals surface area (Å²) in [4.78, 5) is 31.6. The molecule has 0 radical (unpaired) electrons. The summed E-state index contributed by atoms with van der Waals surface area (Å²) in [6.07, 6.45) is -4.19. The number of aromatic nitrogens is 1. The number of carbonyl (C=O) groups is 2. The number of nitrogens with two attached hydrogens (primary N) is 1. The van der Waals surface area contributed by atoms with Crippen molar-refractivity contribution in [1.29, 1.82) is 0 Å². The minimum atomic E-state index is -4.47. The van der Waals surface area contributed by atoms with E-state index >= 15 is 0 Å². The van der Waals surface area contributed by atoms with Crippen molar-refractivity contribution in [3.63, 3.8) is 0 Å². The molecule has 2 N–H and O–H groups in total. The largest absolute Gasteiger partial charge is 0.443 e. The third kappa shape index (κ3) is 4.77. The highest BCUT2D eigenvalue weighted by atomic mass is 32.1. The molecule has 0 aromatic carbocycles. The minimum Gasteiger partial charge on any atom is -0.367 e. The molecule has 2 amide bonds. The molecule has 2 aliphatic heterocycles. The summed E-state index contributed by atoms with van der Waals surface area (Å²) < 4.78 is 43.6. The molecular formula is C16H21F3N4O3S. The number of ether oxygens (including phenoxy) is 1. The Morgan fingerprint density at radius 1 is 1.48 bits per heavy atom. The number of alkyl halides is 3. The maximum Gasteiger partial charge on any atom is 0.443 e. The predicted molar refractivity (Wildman–Crippen MR) is 90.8 cm³/mol. The third-order valence-electron chi connectivity index (χ3n) is 4.54. The minimum absolute atomic E-state index is 0.00208. The summed E-state index contributed by atoms with van der Waals surface area (Å²) in [5, 5.41) is -0.876. The first-order chi connectivity index (χ1) is 12.6. The van der Waals surface area contributed by atoms with Gasteiger partial charge in [-0.1, -0.05) is 0 Å². The van der Waals surface area contributed by atoms with Crippen LogP contribution in [0, 0.1) is 0 Å². The van der Waals surface area contributed by atoms with Gasteiger partial charge in [0.25, 0.3) is 0 Å². The summed E-state index contributed by atoms with van der Waals surface area (Å²) in [6, 6.07) is -0.547. The Labute approximate surface area is 158 Å². The Morgan fingerprint density at radius 3 is 2.93 bits per heavy atom. The molecule has 2 atom stereocenters. The Balaban J connectivity index is 1.55. The van der Waals surface area contributed by atoms with Crippen molar-refractivity contribution in [1.82, 2.24) is 14.8 Å². The molecule has 0 saturated carbocycles. The van der Waals surface area contributed by atoms with Crippen LogP contribution in [0.1, 0.15) is 28.9 Å². The van der Waals surface area contributed by atoms with Gasteiger partial charge in [0.2, 0.25) is 11.8 Å². The number of halogens is 3. The summed E-state index contributed by atoms with van der Waals surface area (Å²) >= 11 is 0.639. The first-order valence-electron chi connectivity index (χ1n) is 8.62. The van der Waals surface area contributed by atoms with Gasteiger partial charge in [-0.3, -0.25) is 9.59 Å². The molecule has 3 rings (SSSR count). The van der Waals surface area contributed by atoms with Crippen molar-refractivity contribution in [2.45, 2.75) is 44.6 Å². The van der Waals surface area contributed by atoms with Gasteiger partial charge in [-0.2, -0.15) is 13.2 Å². The van der Waals surface area contributed by atoms with Gasteiger partial charge in [-0.05, 0) is 6.92 Å². The lowest BCUT2D eigenvalue weighted by Gasteiger charge is -2.33. The van der Waals surface area contributed by atoms with Crippen LogP contribution in [0.15, 0.2) is 0 Å². The van der Waals surface area contributed by atoms with E-state index in [1.807, 2.05) is 6.92 Å². The normalized spacial score (nSPS) is 22.0. The second-order valence-corrected chi connectivity index (χ2v) is 7.92. The monoisotopic (exact) mass is 406 g/mol. The molecule has 1 saturated heterocycles. The zero-order valence-corrected chi connectivity index (χ0v) is 15.6. The topological polar surface area (TPSA) is 88.8 Å². The van der Waals surface area contributed by atoms with Gasteiger partial charge < -0.3 is 20.3 Å². The van der Waals surface area contributed by atoms with Crippen molar-refractivity contribution >= 4 is 23.2 Å². The molecule has 0 unspecified atom stereocenters. The maximum atomic E-state index is 12.8. The van der Waals surface area contributed by atoms with Crippen LogP contribution < -0.4 is 5.73 Å². The molecule has 150 valence electrons. The van der Waals surface area contributed by atoms with E-state index in [2.05, 4.69) is 4.98 Å². The van der Waals surface area contributed by atoms with Crippen LogP contribution in [-0.2, 0) is 33.5 Å². The lowest BCUT2D eigenvalue weighted by molar-refractivity contribution is -0.148. The maximum absolute atomic E-state index is 12.8. The molecular weight excluding hydrogens is 385 g/mol. The fraction of sp³-hybridized carbons (Fsp3) is 0.688. The van der Waals surface area contributed by atoms with E-state index in [4.69, 9.17) is 10.5 Å². The molecule has 3 heterocycles. The predicted octanol–water partition coefficient (Wildman–Crippen LogP) is 1.01. The van der Waals surface area contributed by atoms with E-state index in [-0.39, 0.29) is 44.0 Å². The number of amides is 2. The van der Waals surface area contributed by atoms with Crippen LogP contribution in [-0.4, -0.2) is 65.0 Å². The molecule has 0 spiro atoms. The summed E-state index contributed by atoms with van der Waals surface area (Å²) in [6.45, 7) is 2.91. The zero-order chi connectivity index (χ0) is 19.8.